The maximum atomic E-state index is 5.60. The van der Waals surface area contributed by atoms with E-state index in [1.165, 1.54) is 5.56 Å². The average molecular weight is 457 g/mol. The molecule has 5 rings (SSSR count). The Kier molecular flexibility index (Phi) is 5.60. The molecule has 2 aromatic carbocycles. The monoisotopic (exact) mass is 456 g/mol. The van der Waals surface area contributed by atoms with Gasteiger partial charge in [-0.05, 0) is 51.1 Å². The molecular formula is C25H24N6OS. The van der Waals surface area contributed by atoms with Gasteiger partial charge in [-0.2, -0.15) is 0 Å². The van der Waals surface area contributed by atoms with Gasteiger partial charge in [-0.1, -0.05) is 41.6 Å². The Bertz CT molecular complexity index is 1440. The molecule has 0 fully saturated rings. The van der Waals surface area contributed by atoms with Gasteiger partial charge >= 0.3 is 0 Å². The minimum Gasteiger partial charge on any atom is -0.496 e. The summed E-state index contributed by atoms with van der Waals surface area (Å²) in [7, 11) is 1.67. The van der Waals surface area contributed by atoms with Gasteiger partial charge in [0.2, 0.25) is 5.78 Å². The van der Waals surface area contributed by atoms with E-state index in [4.69, 9.17) is 9.72 Å². The SMILES string of the molecule is COc1ccccc1-c1nnc(SCc2cn3c(C)cc(C)nc3n2)n1-c1ccc(C)cc1. The van der Waals surface area contributed by atoms with Crippen LogP contribution in [0.3, 0.4) is 0 Å². The molecular weight excluding hydrogens is 432 g/mol. The van der Waals surface area contributed by atoms with E-state index >= 15 is 0 Å². The smallest absolute Gasteiger partial charge is 0.234 e. The lowest BCUT2D eigenvalue weighted by atomic mass is 10.1. The van der Waals surface area contributed by atoms with Gasteiger partial charge in [0, 0.05) is 29.0 Å². The fraction of sp³-hybridized carbons (Fsp3) is 0.200. The van der Waals surface area contributed by atoms with Crippen LogP contribution in [0.15, 0.2) is 66.0 Å². The third-order valence-corrected chi connectivity index (χ3v) is 6.40. The van der Waals surface area contributed by atoms with Gasteiger partial charge in [0.05, 0.1) is 18.4 Å². The molecule has 3 aromatic heterocycles. The summed E-state index contributed by atoms with van der Waals surface area (Å²) in [5, 5.41) is 9.88. The molecule has 0 amide bonds. The van der Waals surface area contributed by atoms with Gasteiger partial charge in [0.15, 0.2) is 11.0 Å². The highest BCUT2D eigenvalue weighted by atomic mass is 32.2. The van der Waals surface area contributed by atoms with Gasteiger partial charge in [0.25, 0.3) is 0 Å². The van der Waals surface area contributed by atoms with E-state index in [2.05, 4.69) is 63.9 Å². The number of rotatable bonds is 6. The second-order valence-electron chi connectivity index (χ2n) is 7.91. The first-order chi connectivity index (χ1) is 16.0. The summed E-state index contributed by atoms with van der Waals surface area (Å²) in [6.07, 6.45) is 2.04. The van der Waals surface area contributed by atoms with Gasteiger partial charge in [-0.25, -0.2) is 9.97 Å². The van der Waals surface area contributed by atoms with Gasteiger partial charge < -0.3 is 4.74 Å². The number of imidazole rings is 1. The minimum absolute atomic E-state index is 0.651. The molecule has 0 saturated carbocycles. The van der Waals surface area contributed by atoms with Crippen molar-refractivity contribution in [1.29, 1.82) is 0 Å². The molecule has 0 atom stereocenters. The third-order valence-electron chi connectivity index (χ3n) is 5.43. The van der Waals surface area contributed by atoms with E-state index in [-0.39, 0.29) is 0 Å². The number of nitrogens with zero attached hydrogens (tertiary/aromatic N) is 6. The van der Waals surface area contributed by atoms with Crippen LogP contribution in [0.25, 0.3) is 22.9 Å². The number of hydrogen-bond donors (Lipinski definition) is 0. The molecule has 5 aromatic rings. The normalized spacial score (nSPS) is 11.3. The van der Waals surface area contributed by atoms with E-state index in [1.807, 2.05) is 41.8 Å². The van der Waals surface area contributed by atoms with Gasteiger partial charge in [-0.3, -0.25) is 8.97 Å². The number of aryl methyl sites for hydroxylation is 3. The van der Waals surface area contributed by atoms with Crippen LogP contribution in [0.4, 0.5) is 0 Å². The molecule has 3 heterocycles. The lowest BCUT2D eigenvalue weighted by Gasteiger charge is -2.12. The molecule has 0 radical (unpaired) electrons. The fourth-order valence-electron chi connectivity index (χ4n) is 3.82. The number of hydrogen-bond acceptors (Lipinski definition) is 6. The molecule has 0 saturated heterocycles. The van der Waals surface area contributed by atoms with Crippen molar-refractivity contribution in [3.8, 4) is 22.8 Å². The lowest BCUT2D eigenvalue weighted by Crippen LogP contribution is -2.01. The molecule has 0 spiro atoms. The Morgan fingerprint density at radius 3 is 2.52 bits per heavy atom. The van der Waals surface area contributed by atoms with Crippen LogP contribution in [0, 0.1) is 20.8 Å². The first kappa shape index (κ1) is 21.2. The standard InChI is InChI=1S/C25H24N6OS/c1-16-9-11-20(12-10-16)31-23(21-7-5-6-8-22(21)32-4)28-29-25(31)33-15-19-14-30-18(3)13-17(2)26-24(30)27-19/h5-14H,15H2,1-4H3. The zero-order chi connectivity index (χ0) is 22.9. The number of methoxy groups -OCH3 is 1. The van der Waals surface area contributed by atoms with E-state index < -0.39 is 0 Å². The zero-order valence-electron chi connectivity index (χ0n) is 19.0. The van der Waals surface area contributed by atoms with Crippen molar-refractivity contribution in [2.24, 2.45) is 0 Å². The Morgan fingerprint density at radius 1 is 0.939 bits per heavy atom. The van der Waals surface area contributed by atoms with E-state index in [0.29, 0.717) is 5.75 Å². The Balaban J connectivity index is 1.54. The Morgan fingerprint density at radius 2 is 1.73 bits per heavy atom. The molecule has 0 unspecified atom stereocenters. The highest BCUT2D eigenvalue weighted by Crippen LogP contribution is 2.34. The van der Waals surface area contributed by atoms with Crippen molar-refractivity contribution in [2.45, 2.75) is 31.7 Å². The van der Waals surface area contributed by atoms with Crippen LogP contribution in [0.1, 0.15) is 22.6 Å². The number of para-hydroxylation sites is 1. The van der Waals surface area contributed by atoms with Gasteiger partial charge in [-0.15, -0.1) is 10.2 Å². The topological polar surface area (TPSA) is 70.1 Å². The van der Waals surface area contributed by atoms with Crippen LogP contribution < -0.4 is 4.74 Å². The van der Waals surface area contributed by atoms with E-state index in [0.717, 1.165) is 50.8 Å². The molecule has 0 bridgehead atoms. The van der Waals surface area contributed by atoms with E-state index in [1.54, 1.807) is 18.9 Å². The maximum Gasteiger partial charge on any atom is 0.234 e. The van der Waals surface area contributed by atoms with Crippen molar-refractivity contribution < 1.29 is 4.74 Å². The first-order valence-corrected chi connectivity index (χ1v) is 11.6. The zero-order valence-corrected chi connectivity index (χ0v) is 19.8. The summed E-state index contributed by atoms with van der Waals surface area (Å²) in [6, 6.07) is 18.3. The summed E-state index contributed by atoms with van der Waals surface area (Å²) < 4.78 is 9.69. The second-order valence-corrected chi connectivity index (χ2v) is 8.85. The fourth-order valence-corrected chi connectivity index (χ4v) is 4.66. The van der Waals surface area contributed by atoms with Crippen LogP contribution in [-0.4, -0.2) is 36.2 Å². The summed E-state index contributed by atoms with van der Waals surface area (Å²) in [5.41, 5.74) is 6.11. The van der Waals surface area contributed by atoms with E-state index in [9.17, 15) is 0 Å². The number of thioether (sulfide) groups is 1. The minimum atomic E-state index is 0.651. The Hall–Kier alpha value is -3.65. The average Bonchev–Trinajstić information content (AvgIpc) is 3.42. The van der Waals surface area contributed by atoms with Crippen molar-refractivity contribution >= 4 is 17.5 Å². The summed E-state index contributed by atoms with van der Waals surface area (Å²) >= 11 is 1.60. The quantitative estimate of drug-likeness (QED) is 0.327. The molecule has 0 aliphatic carbocycles. The number of fused-ring (bicyclic) bond motifs is 1. The highest BCUT2D eigenvalue weighted by Gasteiger charge is 2.19. The molecule has 33 heavy (non-hydrogen) atoms. The van der Waals surface area contributed by atoms with Crippen LogP contribution >= 0.6 is 11.8 Å². The van der Waals surface area contributed by atoms with Crippen LogP contribution in [0.5, 0.6) is 5.75 Å². The lowest BCUT2D eigenvalue weighted by molar-refractivity contribution is 0.416. The first-order valence-electron chi connectivity index (χ1n) is 10.6. The van der Waals surface area contributed by atoms with Gasteiger partial charge in [0.1, 0.15) is 5.75 Å². The van der Waals surface area contributed by atoms with Crippen molar-refractivity contribution in [1.82, 2.24) is 29.1 Å². The van der Waals surface area contributed by atoms with Crippen molar-refractivity contribution in [3.63, 3.8) is 0 Å². The van der Waals surface area contributed by atoms with Crippen molar-refractivity contribution in [3.05, 3.63) is 83.4 Å². The summed E-state index contributed by atoms with van der Waals surface area (Å²) in [6.45, 7) is 6.13. The predicted octanol–water partition coefficient (Wildman–Crippen LogP) is 5.20. The Labute approximate surface area is 196 Å². The molecule has 0 aliphatic rings. The third kappa shape index (κ3) is 4.09. The molecule has 7 nitrogen and oxygen atoms in total. The van der Waals surface area contributed by atoms with Crippen molar-refractivity contribution in [2.75, 3.05) is 7.11 Å². The highest BCUT2D eigenvalue weighted by molar-refractivity contribution is 7.98. The number of aromatic nitrogens is 6. The maximum absolute atomic E-state index is 5.60. The molecule has 0 aliphatic heterocycles. The molecule has 0 N–H and O–H groups in total. The number of benzene rings is 2. The molecule has 166 valence electrons. The largest absolute Gasteiger partial charge is 0.496 e. The predicted molar refractivity (Wildman–Crippen MR) is 130 cm³/mol. The van der Waals surface area contributed by atoms with Crippen LogP contribution in [-0.2, 0) is 5.75 Å². The molecule has 8 heteroatoms. The number of ether oxygens (including phenoxy) is 1. The second kappa shape index (κ2) is 8.71. The van der Waals surface area contributed by atoms with Crippen LogP contribution in [0.2, 0.25) is 0 Å². The summed E-state index contributed by atoms with van der Waals surface area (Å²) in [4.78, 5) is 9.25. The summed E-state index contributed by atoms with van der Waals surface area (Å²) in [5.74, 6) is 2.87.